The van der Waals surface area contributed by atoms with Crippen LogP contribution in [0.25, 0.3) is 0 Å². The Balaban J connectivity index is 1.82. The van der Waals surface area contributed by atoms with Crippen molar-refractivity contribution in [1.82, 2.24) is 0 Å². The fraction of sp³-hybridized carbons (Fsp3) is 0.316. The smallest absolute Gasteiger partial charge is 0.306 e. The van der Waals surface area contributed by atoms with Gasteiger partial charge in [-0.2, -0.15) is 0 Å². The van der Waals surface area contributed by atoms with Crippen LogP contribution in [0.2, 0.25) is 5.02 Å². The van der Waals surface area contributed by atoms with E-state index in [1.54, 1.807) is 13.0 Å². The van der Waals surface area contributed by atoms with Crippen molar-refractivity contribution in [2.45, 2.75) is 26.2 Å². The maximum Gasteiger partial charge on any atom is 0.306 e. The molecular weight excluding hydrogens is 312 g/mol. The van der Waals surface area contributed by atoms with Crippen molar-refractivity contribution in [2.75, 3.05) is 6.61 Å². The van der Waals surface area contributed by atoms with Gasteiger partial charge < -0.3 is 9.84 Å². The van der Waals surface area contributed by atoms with Crippen molar-refractivity contribution in [3.8, 4) is 5.75 Å². The van der Waals surface area contributed by atoms with Gasteiger partial charge in [0.15, 0.2) is 0 Å². The van der Waals surface area contributed by atoms with E-state index in [1.165, 1.54) is 5.56 Å². The zero-order valence-corrected chi connectivity index (χ0v) is 13.9. The summed E-state index contributed by atoms with van der Waals surface area (Å²) in [6.45, 7) is 2.28. The Morgan fingerprint density at radius 1 is 1.17 bits per heavy atom. The Morgan fingerprint density at radius 3 is 2.57 bits per heavy atom. The van der Waals surface area contributed by atoms with E-state index < -0.39 is 11.9 Å². The molecule has 23 heavy (non-hydrogen) atoms. The summed E-state index contributed by atoms with van der Waals surface area (Å²) in [6.07, 6.45) is 2.34. The number of carbonyl (C=O) groups is 1. The molecule has 122 valence electrons. The van der Waals surface area contributed by atoms with Crippen LogP contribution in [0.15, 0.2) is 48.5 Å². The largest absolute Gasteiger partial charge is 0.492 e. The molecule has 3 nitrogen and oxygen atoms in total. The molecule has 0 amide bonds. The van der Waals surface area contributed by atoms with Gasteiger partial charge in [-0.1, -0.05) is 54.9 Å². The highest BCUT2D eigenvalue weighted by molar-refractivity contribution is 6.32. The molecule has 0 saturated carbocycles. The van der Waals surface area contributed by atoms with Crippen LogP contribution >= 0.6 is 11.6 Å². The standard InChI is InChI=1S/C19H21ClO3/c1-14(19(21)22)12-16-9-10-18(17(20)13-16)23-11-5-8-15-6-3-2-4-7-15/h2-4,6-7,9-10,13-14H,5,8,11-12H2,1H3,(H,21,22)/t14-/m0/s1. The second kappa shape index (κ2) is 8.59. The van der Waals surface area contributed by atoms with Gasteiger partial charge in [-0.05, 0) is 42.5 Å². The molecule has 0 radical (unpaired) electrons. The molecule has 0 aliphatic heterocycles. The number of aryl methyl sites for hydroxylation is 1. The van der Waals surface area contributed by atoms with Crippen molar-refractivity contribution >= 4 is 17.6 Å². The number of aliphatic carboxylic acids is 1. The van der Waals surface area contributed by atoms with E-state index in [-0.39, 0.29) is 0 Å². The van der Waals surface area contributed by atoms with Gasteiger partial charge in [0.05, 0.1) is 17.5 Å². The first-order chi connectivity index (χ1) is 11.1. The topological polar surface area (TPSA) is 46.5 Å². The summed E-state index contributed by atoms with van der Waals surface area (Å²) >= 11 is 6.22. The summed E-state index contributed by atoms with van der Waals surface area (Å²) in [6, 6.07) is 15.7. The summed E-state index contributed by atoms with van der Waals surface area (Å²) in [7, 11) is 0. The molecule has 0 fully saturated rings. The van der Waals surface area contributed by atoms with Crippen LogP contribution in [0.3, 0.4) is 0 Å². The minimum absolute atomic E-state index is 0.427. The van der Waals surface area contributed by atoms with Gasteiger partial charge in [-0.25, -0.2) is 0 Å². The van der Waals surface area contributed by atoms with Gasteiger partial charge in [-0.3, -0.25) is 4.79 Å². The number of benzene rings is 2. The van der Waals surface area contributed by atoms with Crippen molar-refractivity contribution < 1.29 is 14.6 Å². The molecule has 0 unspecified atom stereocenters. The summed E-state index contributed by atoms with van der Waals surface area (Å²) in [5.41, 5.74) is 2.20. The summed E-state index contributed by atoms with van der Waals surface area (Å²) in [5.74, 6) is -0.586. The van der Waals surface area contributed by atoms with E-state index >= 15 is 0 Å². The number of carboxylic acid groups (broad SMARTS) is 1. The van der Waals surface area contributed by atoms with Crippen LogP contribution in [0.4, 0.5) is 0 Å². The monoisotopic (exact) mass is 332 g/mol. The van der Waals surface area contributed by atoms with E-state index in [2.05, 4.69) is 12.1 Å². The quantitative estimate of drug-likeness (QED) is 0.718. The lowest BCUT2D eigenvalue weighted by atomic mass is 10.0. The molecule has 2 aromatic rings. The van der Waals surface area contributed by atoms with Crippen molar-refractivity contribution in [1.29, 1.82) is 0 Å². The van der Waals surface area contributed by atoms with Gasteiger partial charge in [0.25, 0.3) is 0 Å². The van der Waals surface area contributed by atoms with Crippen LogP contribution < -0.4 is 4.74 Å². The first-order valence-corrected chi connectivity index (χ1v) is 8.12. The molecule has 0 aromatic heterocycles. The number of carboxylic acids is 1. The molecule has 4 heteroatoms. The van der Waals surface area contributed by atoms with Crippen molar-refractivity contribution in [3.63, 3.8) is 0 Å². The average molecular weight is 333 g/mol. The maximum atomic E-state index is 10.9. The SMILES string of the molecule is C[C@@H](Cc1ccc(OCCCc2ccccc2)c(Cl)c1)C(=O)O. The molecule has 1 N–H and O–H groups in total. The molecule has 0 aliphatic rings. The fourth-order valence-corrected chi connectivity index (χ4v) is 2.59. The third-order valence-corrected chi connectivity index (χ3v) is 3.97. The Bertz CT molecular complexity index is 640. The molecule has 0 heterocycles. The molecule has 0 bridgehead atoms. The highest BCUT2D eigenvalue weighted by Gasteiger charge is 2.12. The van der Waals surface area contributed by atoms with E-state index in [4.69, 9.17) is 21.4 Å². The summed E-state index contributed by atoms with van der Waals surface area (Å²) in [5, 5.41) is 9.47. The predicted octanol–water partition coefficient (Wildman–Crippen LogP) is 4.61. The van der Waals surface area contributed by atoms with Crippen molar-refractivity contribution in [3.05, 3.63) is 64.7 Å². The zero-order chi connectivity index (χ0) is 16.7. The van der Waals surface area contributed by atoms with Gasteiger partial charge in [0.2, 0.25) is 0 Å². The maximum absolute atomic E-state index is 10.9. The van der Waals surface area contributed by atoms with Crippen LogP contribution in [0.5, 0.6) is 5.75 Å². The molecule has 2 rings (SSSR count). The minimum Gasteiger partial charge on any atom is -0.492 e. The van der Waals surface area contributed by atoms with E-state index in [1.807, 2.05) is 30.3 Å². The van der Waals surface area contributed by atoms with Crippen LogP contribution in [0.1, 0.15) is 24.5 Å². The normalized spacial score (nSPS) is 11.9. The molecule has 0 saturated heterocycles. The third kappa shape index (κ3) is 5.61. The highest BCUT2D eigenvalue weighted by Crippen LogP contribution is 2.26. The first-order valence-electron chi connectivity index (χ1n) is 7.74. The average Bonchev–Trinajstić information content (AvgIpc) is 2.54. The Morgan fingerprint density at radius 2 is 1.91 bits per heavy atom. The van der Waals surface area contributed by atoms with Crippen LogP contribution in [-0.4, -0.2) is 17.7 Å². The summed E-state index contributed by atoms with van der Waals surface area (Å²) < 4.78 is 5.72. The molecular formula is C19H21ClO3. The lowest BCUT2D eigenvalue weighted by Gasteiger charge is -2.11. The number of ether oxygens (including phenoxy) is 1. The lowest BCUT2D eigenvalue weighted by Crippen LogP contribution is -2.12. The van der Waals surface area contributed by atoms with Gasteiger partial charge >= 0.3 is 5.97 Å². The van der Waals surface area contributed by atoms with Gasteiger partial charge in [0, 0.05) is 0 Å². The Labute approximate surface area is 141 Å². The van der Waals surface area contributed by atoms with Crippen molar-refractivity contribution in [2.24, 2.45) is 5.92 Å². The minimum atomic E-state index is -0.803. The first kappa shape index (κ1) is 17.4. The lowest BCUT2D eigenvalue weighted by molar-refractivity contribution is -0.141. The summed E-state index contributed by atoms with van der Waals surface area (Å²) in [4.78, 5) is 10.9. The second-order valence-electron chi connectivity index (χ2n) is 5.65. The van der Waals surface area contributed by atoms with Crippen LogP contribution in [0, 0.1) is 5.92 Å². The molecule has 1 atom stereocenters. The van der Waals surface area contributed by atoms with E-state index in [0.717, 1.165) is 18.4 Å². The van der Waals surface area contributed by atoms with Gasteiger partial charge in [0.1, 0.15) is 5.75 Å². The predicted molar refractivity (Wildman–Crippen MR) is 92.2 cm³/mol. The number of halogens is 1. The second-order valence-corrected chi connectivity index (χ2v) is 6.05. The molecule has 0 aliphatic carbocycles. The highest BCUT2D eigenvalue weighted by atomic mass is 35.5. The molecule has 0 spiro atoms. The van der Waals surface area contributed by atoms with E-state index in [9.17, 15) is 4.79 Å². The van der Waals surface area contributed by atoms with Crippen LogP contribution in [-0.2, 0) is 17.6 Å². The third-order valence-electron chi connectivity index (χ3n) is 3.67. The zero-order valence-electron chi connectivity index (χ0n) is 13.2. The fourth-order valence-electron chi connectivity index (χ4n) is 2.33. The molecule has 2 aromatic carbocycles. The Kier molecular flexibility index (Phi) is 6.48. The van der Waals surface area contributed by atoms with Gasteiger partial charge in [-0.15, -0.1) is 0 Å². The Hall–Kier alpha value is -2.00. The number of rotatable bonds is 8. The number of hydrogen-bond donors (Lipinski definition) is 1. The number of hydrogen-bond acceptors (Lipinski definition) is 2. The van der Waals surface area contributed by atoms with E-state index in [0.29, 0.717) is 23.8 Å².